The summed E-state index contributed by atoms with van der Waals surface area (Å²) in [4.78, 5) is 32.5. The number of nitriles is 1. The van der Waals surface area contributed by atoms with Gasteiger partial charge < -0.3 is 14.7 Å². The zero-order valence-corrected chi connectivity index (χ0v) is 21.6. The molecule has 2 aliphatic carbocycles. The number of carbonyl (C=O) groups is 1. The van der Waals surface area contributed by atoms with Crippen molar-refractivity contribution in [2.45, 2.75) is 63.3 Å². The first-order chi connectivity index (χ1) is 17.7. The molecule has 10 heteroatoms. The van der Waals surface area contributed by atoms with Crippen LogP contribution in [0.15, 0.2) is 18.3 Å². The highest BCUT2D eigenvalue weighted by Gasteiger charge is 2.43. The highest BCUT2D eigenvalue weighted by Crippen LogP contribution is 2.45. The molecule has 0 N–H and O–H groups in total. The van der Waals surface area contributed by atoms with Crippen molar-refractivity contribution in [3.63, 3.8) is 0 Å². The molecule has 1 aliphatic heterocycles. The number of piperazine rings is 1. The van der Waals surface area contributed by atoms with Gasteiger partial charge in [-0.05, 0) is 43.7 Å². The number of alkyl halides is 2. The fourth-order valence-electron chi connectivity index (χ4n) is 5.07. The smallest absolute Gasteiger partial charge is 0.256 e. The van der Waals surface area contributed by atoms with Gasteiger partial charge in [-0.3, -0.25) is 4.79 Å². The van der Waals surface area contributed by atoms with Crippen LogP contribution in [-0.4, -0.2) is 71.5 Å². The van der Waals surface area contributed by atoms with Gasteiger partial charge in [0.25, 0.3) is 5.92 Å². The van der Waals surface area contributed by atoms with E-state index in [0.717, 1.165) is 42.6 Å². The van der Waals surface area contributed by atoms with Crippen molar-refractivity contribution in [2.75, 3.05) is 43.5 Å². The summed E-state index contributed by atoms with van der Waals surface area (Å²) in [5.41, 5.74) is 2.97. The molecule has 1 amide bonds. The number of aromatic nitrogens is 3. The number of rotatable bonds is 8. The largest absolute Gasteiger partial charge is 0.352 e. The van der Waals surface area contributed by atoms with Gasteiger partial charge in [-0.2, -0.15) is 5.26 Å². The van der Waals surface area contributed by atoms with Crippen molar-refractivity contribution < 1.29 is 13.6 Å². The minimum Gasteiger partial charge on any atom is -0.352 e. The number of hydrogen-bond acceptors (Lipinski definition) is 7. The van der Waals surface area contributed by atoms with Crippen LogP contribution >= 0.6 is 0 Å². The molecule has 2 saturated carbocycles. The van der Waals surface area contributed by atoms with Gasteiger partial charge in [0.2, 0.25) is 11.9 Å². The lowest BCUT2D eigenvalue weighted by molar-refractivity contribution is -0.142. The molecule has 0 radical (unpaired) electrons. The molecule has 196 valence electrons. The maximum absolute atomic E-state index is 14.0. The molecule has 5 rings (SSSR count). The van der Waals surface area contributed by atoms with Gasteiger partial charge in [-0.1, -0.05) is 6.92 Å². The molecular formula is C27H33F2N7O. The Hall–Kier alpha value is -3.35. The summed E-state index contributed by atoms with van der Waals surface area (Å²) in [5, 5.41) is 10.1. The quantitative estimate of drug-likeness (QED) is 0.526. The van der Waals surface area contributed by atoms with Gasteiger partial charge in [0, 0.05) is 57.8 Å². The van der Waals surface area contributed by atoms with Gasteiger partial charge in [-0.15, -0.1) is 0 Å². The zero-order chi connectivity index (χ0) is 26.3. The van der Waals surface area contributed by atoms with E-state index < -0.39 is 18.3 Å². The van der Waals surface area contributed by atoms with E-state index in [1.165, 1.54) is 6.92 Å². The molecule has 0 spiro atoms. The van der Waals surface area contributed by atoms with Crippen LogP contribution in [0.4, 0.5) is 20.5 Å². The Labute approximate surface area is 216 Å². The normalized spacial score (nSPS) is 20.1. The summed E-state index contributed by atoms with van der Waals surface area (Å²) in [6.07, 6.45) is 4.67. The molecule has 1 atom stereocenters. The van der Waals surface area contributed by atoms with Crippen molar-refractivity contribution in [3.05, 3.63) is 29.6 Å². The lowest BCUT2D eigenvalue weighted by Gasteiger charge is -2.43. The minimum atomic E-state index is -2.99. The van der Waals surface area contributed by atoms with Crippen LogP contribution in [0.25, 0.3) is 11.3 Å². The fourth-order valence-corrected chi connectivity index (χ4v) is 5.07. The van der Waals surface area contributed by atoms with Crippen molar-refractivity contribution in [1.82, 2.24) is 19.9 Å². The van der Waals surface area contributed by atoms with E-state index in [-0.39, 0.29) is 12.5 Å². The number of anilines is 2. The molecule has 2 aromatic heterocycles. The molecule has 3 aliphatic rings. The maximum atomic E-state index is 14.0. The number of pyridine rings is 1. The fraction of sp³-hybridized carbons (Fsp3) is 0.593. The number of nitrogens with zero attached hydrogens (tertiary/aromatic N) is 7. The second-order valence-electron chi connectivity index (χ2n) is 10.6. The number of hydrogen-bond donors (Lipinski definition) is 0. The van der Waals surface area contributed by atoms with Crippen molar-refractivity contribution in [2.24, 2.45) is 5.92 Å². The Kier molecular flexibility index (Phi) is 6.73. The molecule has 2 aromatic rings. The Morgan fingerprint density at radius 3 is 2.59 bits per heavy atom. The zero-order valence-electron chi connectivity index (χ0n) is 21.6. The molecule has 0 aromatic carbocycles. The lowest BCUT2D eigenvalue weighted by Crippen LogP contribution is -2.57. The summed E-state index contributed by atoms with van der Waals surface area (Å²) < 4.78 is 28.0. The number of halogens is 2. The molecule has 1 saturated heterocycles. The van der Waals surface area contributed by atoms with Crippen LogP contribution < -0.4 is 9.80 Å². The molecule has 37 heavy (non-hydrogen) atoms. The average Bonchev–Trinajstić information content (AvgIpc) is 3.81. The van der Waals surface area contributed by atoms with E-state index in [1.54, 1.807) is 11.1 Å². The molecular weight excluding hydrogens is 476 g/mol. The second-order valence-corrected chi connectivity index (χ2v) is 10.6. The Morgan fingerprint density at radius 2 is 1.97 bits per heavy atom. The molecule has 3 heterocycles. The van der Waals surface area contributed by atoms with E-state index >= 15 is 0 Å². The summed E-state index contributed by atoms with van der Waals surface area (Å²) in [6, 6.07) is 5.90. The van der Waals surface area contributed by atoms with Gasteiger partial charge in [-0.25, -0.2) is 23.7 Å². The first kappa shape index (κ1) is 25.3. The number of amides is 1. The third-order valence-electron chi connectivity index (χ3n) is 7.57. The average molecular weight is 510 g/mol. The Bertz CT molecular complexity index is 1220. The first-order valence-corrected chi connectivity index (χ1v) is 13.1. The summed E-state index contributed by atoms with van der Waals surface area (Å²) in [6.45, 7) is 2.71. The van der Waals surface area contributed by atoms with Crippen LogP contribution in [0.2, 0.25) is 0 Å². The number of carbonyl (C=O) groups excluding carboxylic acids is 1. The van der Waals surface area contributed by atoms with Crippen molar-refractivity contribution in [3.8, 4) is 17.3 Å². The molecule has 1 unspecified atom stereocenters. The minimum absolute atomic E-state index is 0.143. The lowest BCUT2D eigenvalue weighted by atomic mass is 10.0. The SMILES string of the molecule is CCC(F)(F)CC(=O)N1CCN(c2nc(C3CC3)c(-c3ccnc(N(C)C)n3)cc2C#N)CC1C1CC1. The second kappa shape index (κ2) is 9.84. The van der Waals surface area contributed by atoms with Crippen molar-refractivity contribution in [1.29, 1.82) is 5.26 Å². The summed E-state index contributed by atoms with van der Waals surface area (Å²) in [7, 11) is 3.76. The predicted octanol–water partition coefficient (Wildman–Crippen LogP) is 4.22. The van der Waals surface area contributed by atoms with Crippen LogP contribution in [0.3, 0.4) is 0 Å². The van der Waals surface area contributed by atoms with Crippen LogP contribution in [0.1, 0.15) is 62.6 Å². The topological polar surface area (TPSA) is 89.2 Å². The van der Waals surface area contributed by atoms with Gasteiger partial charge in [0.05, 0.1) is 29.4 Å². The summed E-state index contributed by atoms with van der Waals surface area (Å²) >= 11 is 0. The highest BCUT2D eigenvalue weighted by atomic mass is 19.3. The van der Waals surface area contributed by atoms with Crippen molar-refractivity contribution >= 4 is 17.7 Å². The van der Waals surface area contributed by atoms with Crippen LogP contribution in [0.5, 0.6) is 0 Å². The molecule has 8 nitrogen and oxygen atoms in total. The van der Waals surface area contributed by atoms with Gasteiger partial charge in [0.15, 0.2) is 0 Å². The summed E-state index contributed by atoms with van der Waals surface area (Å²) in [5.74, 6) is -1.64. The van der Waals surface area contributed by atoms with Gasteiger partial charge >= 0.3 is 0 Å². The maximum Gasteiger partial charge on any atom is 0.256 e. The monoisotopic (exact) mass is 509 g/mol. The third-order valence-corrected chi connectivity index (χ3v) is 7.57. The van der Waals surface area contributed by atoms with E-state index in [1.807, 2.05) is 31.1 Å². The predicted molar refractivity (Wildman–Crippen MR) is 137 cm³/mol. The standard InChI is InChI=1S/C27H33F2N7O/c1-4-27(28,29)14-23(37)36-12-11-35(16-22(36)17-5-6-17)25-19(15-30)13-20(24(33-25)18-7-8-18)21-9-10-31-26(32-21)34(2)3/h9-10,13,17-18,22H,4-8,11-12,14,16H2,1-3H3. The van der Waals surface area contributed by atoms with E-state index in [2.05, 4.69) is 20.9 Å². The highest BCUT2D eigenvalue weighted by molar-refractivity contribution is 5.78. The van der Waals surface area contributed by atoms with Crippen LogP contribution in [-0.2, 0) is 4.79 Å². The molecule has 0 bridgehead atoms. The van der Waals surface area contributed by atoms with Gasteiger partial charge in [0.1, 0.15) is 11.9 Å². The molecule has 3 fully saturated rings. The Morgan fingerprint density at radius 1 is 1.22 bits per heavy atom. The first-order valence-electron chi connectivity index (χ1n) is 13.1. The van der Waals surface area contributed by atoms with Crippen LogP contribution in [0, 0.1) is 17.2 Å². The van der Waals surface area contributed by atoms with E-state index in [9.17, 15) is 18.8 Å². The third kappa shape index (κ3) is 5.36. The Balaban J connectivity index is 1.45. The van der Waals surface area contributed by atoms with E-state index in [4.69, 9.17) is 4.98 Å². The van der Waals surface area contributed by atoms with E-state index in [0.29, 0.717) is 48.8 Å².